The largest absolute Gasteiger partial charge is 0.423 e. The number of non-ortho nitro benzene ring substituents is 1. The highest BCUT2D eigenvalue weighted by atomic mass is 16.6. The first kappa shape index (κ1) is 21.0. The number of isocyanates is 1. The molecule has 2 aromatic carbocycles. The molecular weight excluding hydrogens is 364 g/mol. The molecule has 0 amide bonds. The van der Waals surface area contributed by atoms with Crippen LogP contribution in [-0.2, 0) is 20.9 Å². The average Bonchev–Trinajstić information content (AvgIpc) is 2.67. The average molecular weight is 384 g/mol. The molecule has 2 aromatic rings. The smallest absolute Gasteiger partial charge is 0.367 e. The quantitative estimate of drug-likeness (QED) is 0.162. The molecule has 0 saturated carbocycles. The molecule has 0 N–H and O–H groups in total. The van der Waals surface area contributed by atoms with Crippen molar-refractivity contribution in [3.05, 3.63) is 70.3 Å². The van der Waals surface area contributed by atoms with Crippen molar-refractivity contribution in [2.75, 3.05) is 0 Å². The lowest BCUT2D eigenvalue weighted by molar-refractivity contribution is -0.384. The molecule has 0 aromatic heterocycles. The van der Waals surface area contributed by atoms with Crippen LogP contribution in [0.25, 0.3) is 0 Å². The maximum Gasteiger partial charge on any atom is 0.367 e. The maximum atomic E-state index is 12.8. The summed E-state index contributed by atoms with van der Waals surface area (Å²) in [6, 6.07) is 14.1. The minimum atomic E-state index is -1.87. The van der Waals surface area contributed by atoms with E-state index in [-0.39, 0.29) is 30.4 Å². The second-order valence-corrected chi connectivity index (χ2v) is 6.50. The Morgan fingerprint density at radius 1 is 1.18 bits per heavy atom. The summed E-state index contributed by atoms with van der Waals surface area (Å²) in [4.78, 5) is 37.7. The van der Waals surface area contributed by atoms with Gasteiger partial charge in [-0.1, -0.05) is 44.2 Å². The number of nitro benzene ring substituents is 1. The number of carbonyl (C=O) groups excluding carboxylic acids is 2. The van der Waals surface area contributed by atoms with Gasteiger partial charge in [0, 0.05) is 18.6 Å². The molecule has 0 saturated heterocycles. The first-order valence-electron chi connectivity index (χ1n) is 8.60. The second-order valence-electron chi connectivity index (χ2n) is 6.50. The number of benzene rings is 2. The third-order valence-corrected chi connectivity index (χ3v) is 3.81. The molecule has 0 heterocycles. The minimum absolute atomic E-state index is 0.0358. The van der Waals surface area contributed by atoms with Gasteiger partial charge in [-0.2, -0.15) is 4.99 Å². The van der Waals surface area contributed by atoms with E-state index in [0.29, 0.717) is 0 Å². The number of aliphatic imine (C=N–C) groups is 1. The summed E-state index contributed by atoms with van der Waals surface area (Å²) in [5.41, 5.74) is -1.22. The number of hydrogen-bond acceptors (Lipinski definition) is 7. The van der Waals surface area contributed by atoms with Crippen LogP contribution in [0.15, 0.2) is 59.6 Å². The molecule has 8 heteroatoms. The number of nitrogens with zero attached hydrogens (tertiary/aromatic N) is 2. The van der Waals surface area contributed by atoms with Crippen LogP contribution in [0.5, 0.6) is 5.75 Å². The van der Waals surface area contributed by atoms with Crippen LogP contribution in [-0.4, -0.2) is 22.7 Å². The van der Waals surface area contributed by atoms with Gasteiger partial charge in [-0.15, -0.1) is 0 Å². The van der Waals surface area contributed by atoms with Crippen molar-refractivity contribution in [2.24, 2.45) is 10.9 Å². The number of hydrogen-bond donors (Lipinski definition) is 0. The van der Waals surface area contributed by atoms with Crippen LogP contribution in [0, 0.1) is 16.0 Å². The van der Waals surface area contributed by atoms with Gasteiger partial charge in [0.25, 0.3) is 11.4 Å². The standard InChI is InChI=1S/C20H20N2O6/c1-15(2)12-20(21-14-23,27-13-16-6-4-3-5-7-16)19(24)28-18-10-8-17(9-11-18)22(25)26/h3-11,15H,12-13H2,1-2H3/t20-/m0/s1. The Bertz CT molecular complexity index is 860. The Morgan fingerprint density at radius 2 is 1.82 bits per heavy atom. The zero-order chi connectivity index (χ0) is 20.6. The summed E-state index contributed by atoms with van der Waals surface area (Å²) in [6.07, 6.45) is 1.50. The van der Waals surface area contributed by atoms with Gasteiger partial charge in [0.05, 0.1) is 11.5 Å². The highest BCUT2D eigenvalue weighted by molar-refractivity contribution is 5.82. The molecule has 8 nitrogen and oxygen atoms in total. The van der Waals surface area contributed by atoms with E-state index in [1.165, 1.54) is 30.3 Å². The SMILES string of the molecule is CC(C)C[C@](N=C=O)(OCc1ccccc1)C(=O)Oc1ccc([N+](=O)[O-])cc1. The summed E-state index contributed by atoms with van der Waals surface area (Å²) in [5, 5.41) is 10.7. The van der Waals surface area contributed by atoms with Crippen LogP contribution >= 0.6 is 0 Å². The summed E-state index contributed by atoms with van der Waals surface area (Å²) < 4.78 is 11.0. The van der Waals surface area contributed by atoms with Crippen molar-refractivity contribution in [2.45, 2.75) is 32.6 Å². The Labute approximate surface area is 162 Å². The van der Waals surface area contributed by atoms with Crippen LogP contribution in [0.4, 0.5) is 5.69 Å². The minimum Gasteiger partial charge on any atom is -0.423 e. The predicted octanol–water partition coefficient (Wildman–Crippen LogP) is 3.80. The fourth-order valence-corrected chi connectivity index (χ4v) is 2.55. The lowest BCUT2D eigenvalue weighted by Crippen LogP contribution is -2.44. The number of nitro groups is 1. The highest BCUT2D eigenvalue weighted by Crippen LogP contribution is 2.28. The van der Waals surface area contributed by atoms with E-state index >= 15 is 0 Å². The molecule has 2 rings (SSSR count). The van der Waals surface area contributed by atoms with Crippen LogP contribution in [0.3, 0.4) is 0 Å². The van der Waals surface area contributed by atoms with Gasteiger partial charge in [0.1, 0.15) is 5.75 Å². The molecule has 0 unspecified atom stereocenters. The summed E-state index contributed by atoms with van der Waals surface area (Å²) >= 11 is 0. The van der Waals surface area contributed by atoms with Crippen LogP contribution in [0.2, 0.25) is 0 Å². The molecule has 0 aliphatic rings. The van der Waals surface area contributed by atoms with Gasteiger partial charge in [-0.3, -0.25) is 10.1 Å². The topological polar surface area (TPSA) is 108 Å². The van der Waals surface area contributed by atoms with Crippen LogP contribution < -0.4 is 4.74 Å². The first-order valence-corrected chi connectivity index (χ1v) is 8.60. The Balaban J connectivity index is 2.26. The molecule has 1 atom stereocenters. The number of ether oxygens (including phenoxy) is 2. The predicted molar refractivity (Wildman–Crippen MR) is 100 cm³/mol. The molecule has 0 spiro atoms. The normalized spacial score (nSPS) is 12.7. The van der Waals surface area contributed by atoms with Crippen molar-refractivity contribution >= 4 is 17.7 Å². The third kappa shape index (κ3) is 5.57. The van der Waals surface area contributed by atoms with Crippen molar-refractivity contribution < 1.29 is 24.0 Å². The zero-order valence-electron chi connectivity index (χ0n) is 15.5. The van der Waals surface area contributed by atoms with E-state index in [2.05, 4.69) is 4.99 Å². The first-order chi connectivity index (χ1) is 13.4. The van der Waals surface area contributed by atoms with E-state index in [4.69, 9.17) is 9.47 Å². The second kappa shape index (κ2) is 9.55. The van der Waals surface area contributed by atoms with Gasteiger partial charge in [0.2, 0.25) is 6.08 Å². The maximum absolute atomic E-state index is 12.8. The Kier molecular flexibility index (Phi) is 7.14. The fourth-order valence-electron chi connectivity index (χ4n) is 2.55. The van der Waals surface area contributed by atoms with E-state index in [1.807, 2.05) is 44.2 Å². The van der Waals surface area contributed by atoms with Crippen molar-refractivity contribution in [1.29, 1.82) is 0 Å². The summed E-state index contributed by atoms with van der Waals surface area (Å²) in [7, 11) is 0. The highest BCUT2D eigenvalue weighted by Gasteiger charge is 2.43. The molecule has 0 radical (unpaired) electrons. The summed E-state index contributed by atoms with van der Waals surface area (Å²) in [6.45, 7) is 3.73. The molecule has 0 bridgehead atoms. The van der Waals surface area contributed by atoms with Gasteiger partial charge in [-0.25, -0.2) is 9.59 Å². The van der Waals surface area contributed by atoms with E-state index < -0.39 is 16.6 Å². The Morgan fingerprint density at radius 3 is 2.36 bits per heavy atom. The van der Waals surface area contributed by atoms with E-state index in [0.717, 1.165) is 5.56 Å². The molecule has 0 aliphatic carbocycles. The lowest BCUT2D eigenvalue weighted by Gasteiger charge is -2.27. The van der Waals surface area contributed by atoms with Crippen molar-refractivity contribution in [3.8, 4) is 5.75 Å². The number of esters is 1. The van der Waals surface area contributed by atoms with Crippen molar-refractivity contribution in [1.82, 2.24) is 0 Å². The molecule has 0 fully saturated rings. The summed E-state index contributed by atoms with van der Waals surface area (Å²) in [5.74, 6) is -0.861. The number of carbonyl (C=O) groups is 1. The van der Waals surface area contributed by atoms with E-state index in [1.54, 1.807) is 0 Å². The fraction of sp³-hybridized carbons (Fsp3) is 0.300. The lowest BCUT2D eigenvalue weighted by atomic mass is 10.0. The zero-order valence-corrected chi connectivity index (χ0v) is 15.5. The van der Waals surface area contributed by atoms with Crippen molar-refractivity contribution in [3.63, 3.8) is 0 Å². The molecular formula is C20H20N2O6. The molecule has 146 valence electrons. The van der Waals surface area contributed by atoms with Gasteiger partial charge in [-0.05, 0) is 23.6 Å². The van der Waals surface area contributed by atoms with Crippen LogP contribution in [0.1, 0.15) is 25.8 Å². The van der Waals surface area contributed by atoms with Gasteiger partial charge in [0.15, 0.2) is 0 Å². The van der Waals surface area contributed by atoms with Gasteiger partial charge >= 0.3 is 5.97 Å². The van der Waals surface area contributed by atoms with E-state index in [9.17, 15) is 19.7 Å². The third-order valence-electron chi connectivity index (χ3n) is 3.81. The number of rotatable bonds is 9. The monoisotopic (exact) mass is 384 g/mol. The molecule has 28 heavy (non-hydrogen) atoms. The molecule has 0 aliphatic heterocycles. The van der Waals surface area contributed by atoms with Gasteiger partial charge < -0.3 is 9.47 Å². The Hall–Kier alpha value is -3.35.